The maximum atomic E-state index is 14.1. The minimum Gasteiger partial charge on any atom is -0.478 e. The lowest BCUT2D eigenvalue weighted by Crippen LogP contribution is -2.44. The Morgan fingerprint density at radius 3 is 2.62 bits per heavy atom. The summed E-state index contributed by atoms with van der Waals surface area (Å²) in [5.74, 6) is 0.139. The normalized spacial score (nSPS) is 17.3. The van der Waals surface area contributed by atoms with Crippen molar-refractivity contribution in [1.82, 2.24) is 20.0 Å². The van der Waals surface area contributed by atoms with Crippen LogP contribution >= 0.6 is 0 Å². The van der Waals surface area contributed by atoms with Crippen LogP contribution in [0.2, 0.25) is 0 Å². The number of carbonyl (C=O) groups is 2. The first-order valence-electron chi connectivity index (χ1n) is 17.1. The van der Waals surface area contributed by atoms with E-state index < -0.39 is 11.5 Å². The molecule has 1 aliphatic heterocycles. The SMILES string of the molecule is O=C(O)C=Cc1cccc(-c2nc(C3(NC(=O)c4ccc5c(C6CCCCC6)c6n(c5c4)CC=Cc4ccccc4-6)CCCC3)no2)c1. The first-order chi connectivity index (χ1) is 23.5. The van der Waals surface area contributed by atoms with Crippen molar-refractivity contribution in [3.8, 4) is 22.7 Å². The summed E-state index contributed by atoms with van der Waals surface area (Å²) in [7, 11) is 0. The van der Waals surface area contributed by atoms with Crippen LogP contribution in [0.1, 0.15) is 96.6 Å². The Kier molecular flexibility index (Phi) is 7.79. The quantitative estimate of drug-likeness (QED) is 0.173. The molecule has 2 N–H and O–H groups in total. The van der Waals surface area contributed by atoms with Gasteiger partial charge in [-0.2, -0.15) is 4.98 Å². The highest BCUT2D eigenvalue weighted by atomic mass is 16.5. The first kappa shape index (κ1) is 30.1. The van der Waals surface area contributed by atoms with Crippen molar-refractivity contribution in [2.24, 2.45) is 0 Å². The monoisotopic (exact) mass is 638 g/mol. The largest absolute Gasteiger partial charge is 0.478 e. The molecule has 5 aromatic rings. The molecule has 3 heterocycles. The van der Waals surface area contributed by atoms with E-state index in [2.05, 4.69) is 63.6 Å². The summed E-state index contributed by atoms with van der Waals surface area (Å²) in [6, 6.07) is 22.2. The molecule has 2 fully saturated rings. The van der Waals surface area contributed by atoms with Crippen molar-refractivity contribution >= 4 is 34.9 Å². The fourth-order valence-corrected chi connectivity index (χ4v) is 8.10. The Labute approximate surface area is 279 Å². The molecular weight excluding hydrogens is 600 g/mol. The number of allylic oxidation sites excluding steroid dienone is 1. The van der Waals surface area contributed by atoms with Gasteiger partial charge >= 0.3 is 5.97 Å². The number of amides is 1. The van der Waals surface area contributed by atoms with Crippen LogP contribution < -0.4 is 5.32 Å². The molecule has 0 saturated heterocycles. The van der Waals surface area contributed by atoms with Gasteiger partial charge in [0.15, 0.2) is 5.82 Å². The minimum atomic E-state index is -1.02. The van der Waals surface area contributed by atoms with E-state index in [1.165, 1.54) is 66.0 Å². The summed E-state index contributed by atoms with van der Waals surface area (Å²) in [5, 5.41) is 18.0. The second kappa shape index (κ2) is 12.4. The van der Waals surface area contributed by atoms with Crippen LogP contribution in [0.25, 0.3) is 45.8 Å². The number of carboxylic acid groups (broad SMARTS) is 1. The highest BCUT2D eigenvalue weighted by molar-refractivity contribution is 6.01. The van der Waals surface area contributed by atoms with Crippen LogP contribution in [0.15, 0.2) is 83.4 Å². The lowest BCUT2D eigenvalue weighted by Gasteiger charge is -2.26. The highest BCUT2D eigenvalue weighted by Gasteiger charge is 2.42. The molecule has 3 aliphatic rings. The van der Waals surface area contributed by atoms with Crippen LogP contribution in [-0.4, -0.2) is 31.7 Å². The molecule has 8 rings (SSSR count). The van der Waals surface area contributed by atoms with E-state index in [1.54, 1.807) is 0 Å². The molecule has 242 valence electrons. The number of rotatable bonds is 7. The lowest BCUT2D eigenvalue weighted by atomic mass is 9.81. The molecule has 0 bridgehead atoms. The van der Waals surface area contributed by atoms with Gasteiger partial charge in [0.2, 0.25) is 0 Å². The Hall–Kier alpha value is -5.24. The average molecular weight is 639 g/mol. The van der Waals surface area contributed by atoms with E-state index >= 15 is 0 Å². The van der Waals surface area contributed by atoms with Crippen molar-refractivity contribution < 1.29 is 19.2 Å². The number of carboxylic acids is 1. The molecule has 0 spiro atoms. The van der Waals surface area contributed by atoms with Crippen molar-refractivity contribution in [2.75, 3.05) is 0 Å². The molecule has 48 heavy (non-hydrogen) atoms. The zero-order valence-corrected chi connectivity index (χ0v) is 26.8. The maximum absolute atomic E-state index is 14.1. The zero-order chi connectivity index (χ0) is 32.7. The predicted molar refractivity (Wildman–Crippen MR) is 186 cm³/mol. The van der Waals surface area contributed by atoms with Crippen molar-refractivity contribution in [1.29, 1.82) is 0 Å². The number of nitrogens with one attached hydrogen (secondary N) is 1. The summed E-state index contributed by atoms with van der Waals surface area (Å²) in [5.41, 5.74) is 7.60. The Bertz CT molecular complexity index is 2090. The van der Waals surface area contributed by atoms with E-state index in [4.69, 9.17) is 14.6 Å². The number of carbonyl (C=O) groups excluding carboxylic acids is 1. The van der Waals surface area contributed by atoms with Crippen LogP contribution in [0, 0.1) is 0 Å². The fraction of sp³-hybridized carbons (Fsp3) is 0.300. The van der Waals surface area contributed by atoms with Gasteiger partial charge < -0.3 is 19.5 Å². The van der Waals surface area contributed by atoms with Crippen LogP contribution in [0.5, 0.6) is 0 Å². The summed E-state index contributed by atoms with van der Waals surface area (Å²) in [6.45, 7) is 0.751. The fourth-order valence-electron chi connectivity index (χ4n) is 8.10. The molecular formula is C40H38N4O4. The van der Waals surface area contributed by atoms with Gasteiger partial charge in [-0.25, -0.2) is 4.79 Å². The van der Waals surface area contributed by atoms with Gasteiger partial charge in [-0.05, 0) is 78.6 Å². The Morgan fingerprint density at radius 1 is 0.958 bits per heavy atom. The maximum Gasteiger partial charge on any atom is 0.328 e. The predicted octanol–water partition coefficient (Wildman–Crippen LogP) is 8.73. The molecule has 1 amide bonds. The molecule has 2 saturated carbocycles. The van der Waals surface area contributed by atoms with Gasteiger partial charge in [0.25, 0.3) is 11.8 Å². The topological polar surface area (TPSA) is 110 Å². The molecule has 0 unspecified atom stereocenters. The van der Waals surface area contributed by atoms with E-state index in [-0.39, 0.29) is 5.91 Å². The van der Waals surface area contributed by atoms with E-state index in [0.717, 1.165) is 43.8 Å². The number of nitrogens with zero attached hydrogens (tertiary/aromatic N) is 3. The van der Waals surface area contributed by atoms with Gasteiger partial charge in [-0.15, -0.1) is 0 Å². The number of hydrogen-bond donors (Lipinski definition) is 2. The van der Waals surface area contributed by atoms with E-state index in [9.17, 15) is 9.59 Å². The molecule has 8 heteroatoms. The standard InChI is InChI=1S/C40H38N4O4/c45-34(46)20-17-26-10-8-14-30(24-26)38-41-39(43-48-38)40(21-6-7-22-40)42-37(47)29-18-19-32-33(25-29)44-23-9-15-27-11-4-5-16-31(27)36(44)35(32)28-12-2-1-3-13-28/h4-5,8-11,14-20,24-25,28H,1-3,6-7,12-13,21-23H2,(H,42,47)(H,45,46). The van der Waals surface area contributed by atoms with Gasteiger partial charge in [-0.3, -0.25) is 4.79 Å². The second-order valence-electron chi connectivity index (χ2n) is 13.4. The van der Waals surface area contributed by atoms with Crippen LogP contribution in [0.3, 0.4) is 0 Å². The molecule has 8 nitrogen and oxygen atoms in total. The second-order valence-corrected chi connectivity index (χ2v) is 13.4. The van der Waals surface area contributed by atoms with Gasteiger partial charge in [0.05, 0.1) is 5.69 Å². The number of fused-ring (bicyclic) bond motifs is 5. The third-order valence-corrected chi connectivity index (χ3v) is 10.4. The lowest BCUT2D eigenvalue weighted by molar-refractivity contribution is -0.131. The van der Waals surface area contributed by atoms with Gasteiger partial charge in [-0.1, -0.05) is 91.9 Å². The zero-order valence-electron chi connectivity index (χ0n) is 26.8. The summed E-state index contributed by atoms with van der Waals surface area (Å²) < 4.78 is 8.13. The van der Waals surface area contributed by atoms with Gasteiger partial charge in [0.1, 0.15) is 5.54 Å². The number of hydrogen-bond acceptors (Lipinski definition) is 5. The molecule has 3 aromatic carbocycles. The molecule has 2 aliphatic carbocycles. The highest BCUT2D eigenvalue weighted by Crippen LogP contribution is 2.46. The molecule has 0 atom stereocenters. The summed E-state index contributed by atoms with van der Waals surface area (Å²) >= 11 is 0. The van der Waals surface area contributed by atoms with Crippen molar-refractivity contribution in [3.63, 3.8) is 0 Å². The number of aliphatic carboxylic acids is 1. The molecule has 2 aromatic heterocycles. The average Bonchev–Trinajstić information content (AvgIpc) is 3.84. The van der Waals surface area contributed by atoms with Crippen LogP contribution in [-0.2, 0) is 16.9 Å². The first-order valence-corrected chi connectivity index (χ1v) is 17.1. The Balaban J connectivity index is 1.14. The Morgan fingerprint density at radius 2 is 1.79 bits per heavy atom. The number of benzene rings is 3. The summed E-state index contributed by atoms with van der Waals surface area (Å²) in [6.07, 6.45) is 16.6. The smallest absolute Gasteiger partial charge is 0.328 e. The van der Waals surface area contributed by atoms with Crippen molar-refractivity contribution in [3.05, 3.63) is 107 Å². The third-order valence-electron chi connectivity index (χ3n) is 10.4. The molecule has 0 radical (unpaired) electrons. The summed E-state index contributed by atoms with van der Waals surface area (Å²) in [4.78, 5) is 29.9. The third kappa shape index (κ3) is 5.45. The van der Waals surface area contributed by atoms with E-state index in [0.29, 0.717) is 34.3 Å². The van der Waals surface area contributed by atoms with Crippen LogP contribution in [0.4, 0.5) is 0 Å². The minimum absolute atomic E-state index is 0.148. The number of aromatic nitrogens is 3. The van der Waals surface area contributed by atoms with Gasteiger partial charge in [0, 0.05) is 40.2 Å². The van der Waals surface area contributed by atoms with Crippen molar-refractivity contribution in [2.45, 2.75) is 75.8 Å². The van der Waals surface area contributed by atoms with E-state index in [1.807, 2.05) is 30.3 Å².